The molecule has 0 saturated heterocycles. The van der Waals surface area contributed by atoms with Gasteiger partial charge in [-0.1, -0.05) is 0 Å². The lowest BCUT2D eigenvalue weighted by atomic mass is 10.2. The van der Waals surface area contributed by atoms with Gasteiger partial charge in [-0.3, -0.25) is 4.99 Å². The number of hydrogen-bond acceptors (Lipinski definition) is 3. The van der Waals surface area contributed by atoms with Crippen LogP contribution in [0.2, 0.25) is 0 Å². The fourth-order valence-electron chi connectivity index (χ4n) is 0.472. The van der Waals surface area contributed by atoms with Crippen molar-refractivity contribution in [3.63, 3.8) is 0 Å². The Hall–Kier alpha value is -0.830. The highest BCUT2D eigenvalue weighted by molar-refractivity contribution is 5.71. The van der Waals surface area contributed by atoms with Crippen molar-refractivity contribution in [3.8, 4) is 0 Å². The fourth-order valence-corrected chi connectivity index (χ4v) is 0.472. The van der Waals surface area contributed by atoms with Crippen LogP contribution in [0.15, 0.2) is 16.8 Å². The van der Waals surface area contributed by atoms with Crippen LogP contribution in [0.25, 0.3) is 0 Å². The first-order valence-corrected chi connectivity index (χ1v) is 3.27. The molecule has 3 N–H and O–H groups in total. The van der Waals surface area contributed by atoms with Crippen LogP contribution in [-0.4, -0.2) is 26.4 Å². The van der Waals surface area contributed by atoms with Gasteiger partial charge < -0.3 is 11.1 Å². The monoisotopic (exact) mass is 141 g/mol. The van der Waals surface area contributed by atoms with Crippen molar-refractivity contribution in [1.82, 2.24) is 5.32 Å². The molecular weight excluding hydrogens is 126 g/mol. The summed E-state index contributed by atoms with van der Waals surface area (Å²) in [6.45, 7) is 2.00. The third-order valence-corrected chi connectivity index (χ3v) is 1.35. The molecule has 0 aliphatic heterocycles. The zero-order valence-corrected chi connectivity index (χ0v) is 6.76. The molecule has 0 fully saturated rings. The summed E-state index contributed by atoms with van der Waals surface area (Å²) in [7, 11) is 3.59. The van der Waals surface area contributed by atoms with Gasteiger partial charge >= 0.3 is 0 Å². The van der Waals surface area contributed by atoms with Crippen molar-refractivity contribution in [2.75, 3.05) is 14.1 Å². The first-order valence-electron chi connectivity index (χ1n) is 3.27. The quantitative estimate of drug-likeness (QED) is 0.549. The van der Waals surface area contributed by atoms with Gasteiger partial charge in [0.05, 0.1) is 0 Å². The van der Waals surface area contributed by atoms with Gasteiger partial charge in [0, 0.05) is 25.0 Å². The van der Waals surface area contributed by atoms with E-state index in [1.165, 1.54) is 0 Å². The van der Waals surface area contributed by atoms with E-state index in [4.69, 9.17) is 5.73 Å². The molecule has 0 amide bonds. The van der Waals surface area contributed by atoms with Gasteiger partial charge in [0.25, 0.3) is 0 Å². The standard InChI is InChI=1S/C7H15N3/c1-6(10-3)7(8)4-5-9-2/h4-6,10H,8H2,1-3H3/b7-4-,9-5-. The van der Waals surface area contributed by atoms with Gasteiger partial charge in [-0.15, -0.1) is 0 Å². The largest absolute Gasteiger partial charge is 0.401 e. The summed E-state index contributed by atoms with van der Waals surface area (Å²) in [6.07, 6.45) is 3.48. The van der Waals surface area contributed by atoms with Gasteiger partial charge in [0.1, 0.15) is 0 Å². The van der Waals surface area contributed by atoms with Gasteiger partial charge in [-0.05, 0) is 20.0 Å². The number of likely N-dealkylation sites (N-methyl/N-ethyl adjacent to an activating group) is 1. The lowest BCUT2D eigenvalue weighted by Crippen LogP contribution is -2.27. The van der Waals surface area contributed by atoms with Crippen LogP contribution in [0.5, 0.6) is 0 Å². The molecule has 0 radical (unpaired) electrons. The summed E-state index contributed by atoms with van der Waals surface area (Å²) < 4.78 is 0. The van der Waals surface area contributed by atoms with Crippen LogP contribution < -0.4 is 11.1 Å². The van der Waals surface area contributed by atoms with Gasteiger partial charge in [-0.25, -0.2) is 0 Å². The van der Waals surface area contributed by atoms with Crippen LogP contribution in [-0.2, 0) is 0 Å². The number of nitrogens with two attached hydrogens (primary N) is 1. The van der Waals surface area contributed by atoms with Crippen molar-refractivity contribution < 1.29 is 0 Å². The summed E-state index contributed by atoms with van der Waals surface area (Å²) in [6, 6.07) is 0.220. The smallest absolute Gasteiger partial charge is 0.0436 e. The average molecular weight is 141 g/mol. The molecule has 1 unspecified atom stereocenters. The Morgan fingerprint density at radius 1 is 1.70 bits per heavy atom. The summed E-state index contributed by atoms with van der Waals surface area (Å²) in [4.78, 5) is 3.78. The molecule has 0 aliphatic carbocycles. The normalized spacial score (nSPS) is 16.1. The molecule has 3 nitrogen and oxygen atoms in total. The summed E-state index contributed by atoms with van der Waals surface area (Å²) in [5.74, 6) is 0. The lowest BCUT2D eigenvalue weighted by Gasteiger charge is -2.08. The maximum Gasteiger partial charge on any atom is 0.0436 e. The fraction of sp³-hybridized carbons (Fsp3) is 0.571. The predicted octanol–water partition coefficient (Wildman–Crippen LogP) is 0.137. The molecular formula is C7H15N3. The molecule has 3 heteroatoms. The highest BCUT2D eigenvalue weighted by atomic mass is 14.9. The van der Waals surface area contributed by atoms with E-state index in [1.54, 1.807) is 19.3 Å². The highest BCUT2D eigenvalue weighted by Gasteiger charge is 1.97. The molecule has 0 aromatic heterocycles. The molecule has 0 rings (SSSR count). The van der Waals surface area contributed by atoms with E-state index in [1.807, 2.05) is 14.0 Å². The molecule has 10 heavy (non-hydrogen) atoms. The minimum Gasteiger partial charge on any atom is -0.401 e. The number of rotatable bonds is 3. The Balaban J connectivity index is 3.91. The number of hydrogen-bond donors (Lipinski definition) is 2. The maximum atomic E-state index is 5.62. The zero-order chi connectivity index (χ0) is 7.98. The van der Waals surface area contributed by atoms with Crippen LogP contribution >= 0.6 is 0 Å². The third-order valence-electron chi connectivity index (χ3n) is 1.35. The van der Waals surface area contributed by atoms with E-state index < -0.39 is 0 Å². The average Bonchev–Trinajstić information content (AvgIpc) is 1.98. The van der Waals surface area contributed by atoms with Crippen LogP contribution in [0.4, 0.5) is 0 Å². The Kier molecular flexibility index (Phi) is 4.58. The van der Waals surface area contributed by atoms with Crippen LogP contribution in [0, 0.1) is 0 Å². The second-order valence-electron chi connectivity index (χ2n) is 2.08. The molecule has 58 valence electrons. The van der Waals surface area contributed by atoms with Crippen molar-refractivity contribution in [2.24, 2.45) is 10.7 Å². The summed E-state index contributed by atoms with van der Waals surface area (Å²) in [5, 5.41) is 3.02. The summed E-state index contributed by atoms with van der Waals surface area (Å²) in [5.41, 5.74) is 6.42. The number of nitrogens with zero attached hydrogens (tertiary/aromatic N) is 1. The topological polar surface area (TPSA) is 50.4 Å². The Bertz CT molecular complexity index is 138. The molecule has 0 aromatic rings. The Morgan fingerprint density at radius 2 is 2.30 bits per heavy atom. The predicted molar refractivity (Wildman–Crippen MR) is 45.2 cm³/mol. The number of allylic oxidation sites excluding steroid dienone is 1. The van der Waals surface area contributed by atoms with Crippen molar-refractivity contribution >= 4 is 6.21 Å². The minimum absolute atomic E-state index is 0.220. The SMILES string of the molecule is C/N=C\C=C(/N)C(C)NC. The number of aliphatic imine (C=N–C) groups is 1. The van der Waals surface area contributed by atoms with E-state index in [-0.39, 0.29) is 6.04 Å². The van der Waals surface area contributed by atoms with Gasteiger partial charge in [0.15, 0.2) is 0 Å². The first kappa shape index (κ1) is 9.17. The van der Waals surface area contributed by atoms with Crippen LogP contribution in [0.1, 0.15) is 6.92 Å². The van der Waals surface area contributed by atoms with Gasteiger partial charge in [-0.2, -0.15) is 0 Å². The second kappa shape index (κ2) is 4.99. The molecule has 1 atom stereocenters. The first-order chi connectivity index (χ1) is 4.72. The third kappa shape index (κ3) is 3.25. The van der Waals surface area contributed by atoms with Gasteiger partial charge in [0.2, 0.25) is 0 Å². The highest BCUT2D eigenvalue weighted by Crippen LogP contribution is 1.89. The lowest BCUT2D eigenvalue weighted by molar-refractivity contribution is 0.686. The Morgan fingerprint density at radius 3 is 2.70 bits per heavy atom. The van der Waals surface area contributed by atoms with Crippen molar-refractivity contribution in [2.45, 2.75) is 13.0 Å². The summed E-state index contributed by atoms with van der Waals surface area (Å²) >= 11 is 0. The minimum atomic E-state index is 0.220. The van der Waals surface area contributed by atoms with Crippen LogP contribution in [0.3, 0.4) is 0 Å². The molecule has 0 spiro atoms. The Labute approximate surface area is 62.0 Å². The number of nitrogens with one attached hydrogen (secondary N) is 1. The molecule has 0 saturated carbocycles. The van der Waals surface area contributed by atoms with E-state index in [9.17, 15) is 0 Å². The molecule has 0 heterocycles. The van der Waals surface area contributed by atoms with Crippen molar-refractivity contribution in [1.29, 1.82) is 0 Å². The van der Waals surface area contributed by atoms with E-state index in [0.717, 1.165) is 5.70 Å². The molecule has 0 bridgehead atoms. The molecule has 0 aromatic carbocycles. The second-order valence-corrected chi connectivity index (χ2v) is 2.08. The van der Waals surface area contributed by atoms with E-state index >= 15 is 0 Å². The van der Waals surface area contributed by atoms with E-state index in [2.05, 4.69) is 10.3 Å². The van der Waals surface area contributed by atoms with Crippen molar-refractivity contribution in [3.05, 3.63) is 11.8 Å². The van der Waals surface area contributed by atoms with E-state index in [0.29, 0.717) is 0 Å². The maximum absolute atomic E-state index is 5.62. The zero-order valence-electron chi connectivity index (χ0n) is 6.76. The molecule has 0 aliphatic rings.